The van der Waals surface area contributed by atoms with Crippen molar-refractivity contribution in [2.75, 3.05) is 32.7 Å². The maximum Gasteiger partial charge on any atom is 0.0603 e. The lowest BCUT2D eigenvalue weighted by atomic mass is 9.83. The zero-order chi connectivity index (χ0) is 19.4. The van der Waals surface area contributed by atoms with E-state index in [4.69, 9.17) is 11.6 Å². The largest absolute Gasteiger partial charge is 0.287 e. The molecule has 28 heavy (non-hydrogen) atoms. The highest BCUT2D eigenvalue weighted by atomic mass is 35.5. The van der Waals surface area contributed by atoms with E-state index >= 15 is 0 Å². The van der Waals surface area contributed by atoms with E-state index in [1.807, 2.05) is 12.1 Å². The molecule has 2 saturated heterocycles. The number of hydrazine groups is 1. The van der Waals surface area contributed by atoms with Gasteiger partial charge in [-0.2, -0.15) is 0 Å². The molecule has 1 atom stereocenters. The Morgan fingerprint density at radius 2 is 1.54 bits per heavy atom. The monoisotopic (exact) mass is 397 g/mol. The first-order valence-corrected chi connectivity index (χ1v) is 11.1. The fourth-order valence-electron chi connectivity index (χ4n) is 4.94. The van der Waals surface area contributed by atoms with E-state index in [2.05, 4.69) is 64.3 Å². The Bertz CT molecular complexity index is 742. The van der Waals surface area contributed by atoms with Crippen molar-refractivity contribution in [3.05, 3.63) is 70.7 Å². The predicted molar refractivity (Wildman–Crippen MR) is 117 cm³/mol. The van der Waals surface area contributed by atoms with Crippen molar-refractivity contribution in [1.82, 2.24) is 14.9 Å². The molecule has 2 heterocycles. The molecule has 2 aliphatic rings. The van der Waals surface area contributed by atoms with Gasteiger partial charge in [-0.3, -0.25) is 4.90 Å². The highest BCUT2D eigenvalue weighted by Crippen LogP contribution is 2.37. The van der Waals surface area contributed by atoms with E-state index in [0.29, 0.717) is 0 Å². The van der Waals surface area contributed by atoms with Crippen LogP contribution in [0.4, 0.5) is 0 Å². The molecule has 0 bridgehead atoms. The Labute approximate surface area is 174 Å². The normalized spacial score (nSPS) is 25.1. The van der Waals surface area contributed by atoms with Crippen LogP contribution in [0.3, 0.4) is 0 Å². The second kappa shape index (κ2) is 8.96. The van der Waals surface area contributed by atoms with Gasteiger partial charge in [-0.25, -0.2) is 10.0 Å². The van der Waals surface area contributed by atoms with Crippen LogP contribution in [0.1, 0.15) is 43.7 Å². The fourth-order valence-corrected chi connectivity index (χ4v) is 5.06. The van der Waals surface area contributed by atoms with Gasteiger partial charge >= 0.3 is 0 Å². The Kier molecular flexibility index (Phi) is 6.37. The smallest absolute Gasteiger partial charge is 0.0603 e. The van der Waals surface area contributed by atoms with E-state index in [9.17, 15) is 0 Å². The van der Waals surface area contributed by atoms with Gasteiger partial charge in [-0.05, 0) is 42.5 Å². The lowest BCUT2D eigenvalue weighted by molar-refractivity contribution is -0.124. The molecule has 0 aliphatic carbocycles. The molecular weight excluding hydrogens is 366 g/mol. The molecule has 1 unspecified atom stereocenters. The zero-order valence-electron chi connectivity index (χ0n) is 17.0. The first-order chi connectivity index (χ1) is 13.7. The molecule has 0 aromatic heterocycles. The third kappa shape index (κ3) is 4.13. The van der Waals surface area contributed by atoms with Gasteiger partial charge in [0.05, 0.1) is 5.54 Å². The number of halogens is 1. The highest BCUT2D eigenvalue weighted by molar-refractivity contribution is 6.30. The van der Waals surface area contributed by atoms with E-state index in [0.717, 1.165) is 37.6 Å². The molecule has 2 aromatic rings. The van der Waals surface area contributed by atoms with E-state index in [1.54, 1.807) is 0 Å². The Balaban J connectivity index is 1.63. The van der Waals surface area contributed by atoms with Crippen molar-refractivity contribution >= 4 is 11.6 Å². The minimum absolute atomic E-state index is 0.0383. The minimum Gasteiger partial charge on any atom is -0.287 e. The van der Waals surface area contributed by atoms with Crippen molar-refractivity contribution in [3.63, 3.8) is 0 Å². The van der Waals surface area contributed by atoms with Crippen LogP contribution in [0.25, 0.3) is 0 Å². The van der Waals surface area contributed by atoms with Crippen molar-refractivity contribution in [1.29, 1.82) is 0 Å². The van der Waals surface area contributed by atoms with Crippen molar-refractivity contribution in [2.45, 2.75) is 44.7 Å². The molecule has 0 radical (unpaired) electrons. The van der Waals surface area contributed by atoms with E-state index in [1.165, 1.54) is 43.5 Å². The minimum atomic E-state index is 0.0383. The zero-order valence-corrected chi connectivity index (χ0v) is 17.7. The number of benzene rings is 2. The second-order valence-corrected chi connectivity index (χ2v) is 8.64. The molecule has 0 saturated carbocycles. The van der Waals surface area contributed by atoms with Crippen LogP contribution < -0.4 is 0 Å². The molecule has 2 aromatic carbocycles. The quantitative estimate of drug-likeness (QED) is 0.689. The third-order valence-electron chi connectivity index (χ3n) is 6.59. The summed E-state index contributed by atoms with van der Waals surface area (Å²) in [4.78, 5) is 2.70. The van der Waals surface area contributed by atoms with Gasteiger partial charge < -0.3 is 0 Å². The van der Waals surface area contributed by atoms with Crippen LogP contribution in [0.5, 0.6) is 0 Å². The lowest BCUT2D eigenvalue weighted by Crippen LogP contribution is -2.63. The summed E-state index contributed by atoms with van der Waals surface area (Å²) in [7, 11) is 0. The average Bonchev–Trinajstić information content (AvgIpc) is 2.77. The standard InChI is InChI=1S/C24H32ClN3/c1-2-24(22-9-5-3-6-10-22)20-28(27-15-7-4-8-16-27)18-17-26(24)19-21-11-13-23(25)14-12-21/h3,5-6,9-14H,2,4,7-8,15-20H2,1H3. The maximum atomic E-state index is 6.11. The Morgan fingerprint density at radius 3 is 2.21 bits per heavy atom. The number of nitrogens with zero attached hydrogens (tertiary/aromatic N) is 3. The molecule has 0 N–H and O–H groups in total. The summed E-state index contributed by atoms with van der Waals surface area (Å²) in [6.45, 7) is 9.01. The lowest BCUT2D eigenvalue weighted by Gasteiger charge is -2.54. The Hall–Kier alpha value is -1.39. The van der Waals surface area contributed by atoms with Gasteiger partial charge in [-0.15, -0.1) is 0 Å². The molecule has 0 amide bonds. The molecule has 3 nitrogen and oxygen atoms in total. The number of hydrogen-bond acceptors (Lipinski definition) is 3. The van der Waals surface area contributed by atoms with Crippen LogP contribution in [0.2, 0.25) is 5.02 Å². The molecular formula is C24H32ClN3. The number of rotatable bonds is 5. The molecule has 150 valence electrons. The topological polar surface area (TPSA) is 9.72 Å². The van der Waals surface area contributed by atoms with Crippen LogP contribution in [-0.2, 0) is 12.1 Å². The number of piperidine rings is 1. The molecule has 4 heteroatoms. The highest BCUT2D eigenvalue weighted by Gasteiger charge is 2.43. The molecule has 4 rings (SSSR count). The summed E-state index contributed by atoms with van der Waals surface area (Å²) in [5, 5.41) is 6.08. The number of piperazine rings is 1. The summed E-state index contributed by atoms with van der Waals surface area (Å²) >= 11 is 6.11. The van der Waals surface area contributed by atoms with Crippen LogP contribution >= 0.6 is 11.6 Å². The van der Waals surface area contributed by atoms with Gasteiger partial charge in [0.25, 0.3) is 0 Å². The van der Waals surface area contributed by atoms with Crippen molar-refractivity contribution in [2.24, 2.45) is 0 Å². The molecule has 2 aliphatic heterocycles. The van der Waals surface area contributed by atoms with Gasteiger partial charge in [0.15, 0.2) is 0 Å². The van der Waals surface area contributed by atoms with E-state index in [-0.39, 0.29) is 5.54 Å². The fraction of sp³-hybridized carbons (Fsp3) is 0.500. The maximum absolute atomic E-state index is 6.11. The van der Waals surface area contributed by atoms with Crippen LogP contribution in [-0.4, -0.2) is 47.6 Å². The first kappa shape index (κ1) is 19.9. The molecule has 2 fully saturated rings. The van der Waals surface area contributed by atoms with Gasteiger partial charge in [0, 0.05) is 44.3 Å². The summed E-state index contributed by atoms with van der Waals surface area (Å²) in [6, 6.07) is 19.5. The van der Waals surface area contributed by atoms with Crippen molar-refractivity contribution in [3.8, 4) is 0 Å². The summed E-state index contributed by atoms with van der Waals surface area (Å²) in [6.07, 6.45) is 5.14. The van der Waals surface area contributed by atoms with Crippen LogP contribution in [0.15, 0.2) is 54.6 Å². The Morgan fingerprint density at radius 1 is 0.821 bits per heavy atom. The third-order valence-corrected chi connectivity index (χ3v) is 6.84. The van der Waals surface area contributed by atoms with E-state index < -0.39 is 0 Å². The van der Waals surface area contributed by atoms with Gasteiger partial charge in [-0.1, -0.05) is 67.4 Å². The second-order valence-electron chi connectivity index (χ2n) is 8.20. The molecule has 0 spiro atoms. The summed E-state index contributed by atoms with van der Waals surface area (Å²) in [5.41, 5.74) is 2.81. The van der Waals surface area contributed by atoms with Gasteiger partial charge in [0.2, 0.25) is 0 Å². The summed E-state index contributed by atoms with van der Waals surface area (Å²) < 4.78 is 0. The first-order valence-electron chi connectivity index (χ1n) is 10.8. The van der Waals surface area contributed by atoms with Crippen LogP contribution in [0, 0.1) is 0 Å². The average molecular weight is 398 g/mol. The van der Waals surface area contributed by atoms with Gasteiger partial charge in [0.1, 0.15) is 0 Å². The summed E-state index contributed by atoms with van der Waals surface area (Å²) in [5.74, 6) is 0. The predicted octanol–water partition coefficient (Wildman–Crippen LogP) is 5.16. The number of hydrogen-bond donors (Lipinski definition) is 0. The SMILES string of the molecule is CCC1(c2ccccc2)CN(N2CCCCC2)CCN1Cc1ccc(Cl)cc1. The van der Waals surface area contributed by atoms with Crippen molar-refractivity contribution < 1.29 is 0 Å².